The molecule has 1 fully saturated rings. The molecule has 0 amide bonds. The monoisotopic (exact) mass is 381 g/mol. The van der Waals surface area contributed by atoms with Crippen LogP contribution in [0.2, 0.25) is 5.02 Å². The summed E-state index contributed by atoms with van der Waals surface area (Å²) in [6.45, 7) is 2.26. The van der Waals surface area contributed by atoms with Gasteiger partial charge in [0.25, 0.3) is 5.56 Å². The number of likely N-dealkylation sites (tertiary alicyclic amines) is 1. The van der Waals surface area contributed by atoms with Crippen molar-refractivity contribution in [1.29, 1.82) is 0 Å². The van der Waals surface area contributed by atoms with Crippen molar-refractivity contribution >= 4 is 23.0 Å². The molecule has 27 heavy (non-hydrogen) atoms. The van der Waals surface area contributed by atoms with E-state index in [4.69, 9.17) is 11.6 Å². The highest BCUT2D eigenvalue weighted by molar-refractivity contribution is 6.30. The molecular weight excluding hydrogens is 362 g/mol. The minimum Gasteiger partial charge on any atom is -0.297 e. The van der Waals surface area contributed by atoms with Gasteiger partial charge in [-0.2, -0.15) is 0 Å². The van der Waals surface area contributed by atoms with Crippen molar-refractivity contribution in [3.63, 3.8) is 0 Å². The Balaban J connectivity index is 1.42. The van der Waals surface area contributed by atoms with Gasteiger partial charge < -0.3 is 0 Å². The quantitative estimate of drug-likeness (QED) is 0.649. The van der Waals surface area contributed by atoms with Crippen molar-refractivity contribution in [2.24, 2.45) is 5.92 Å². The molecular formula is C21H20ClN3O2. The van der Waals surface area contributed by atoms with Gasteiger partial charge in [0.05, 0.1) is 10.7 Å². The molecule has 0 spiro atoms. The predicted molar refractivity (Wildman–Crippen MR) is 105 cm³/mol. The van der Waals surface area contributed by atoms with Gasteiger partial charge in [-0.15, -0.1) is 0 Å². The fourth-order valence-electron chi connectivity index (χ4n) is 3.63. The summed E-state index contributed by atoms with van der Waals surface area (Å²) in [5.41, 5.74) is 2.00. The number of benzene rings is 1. The van der Waals surface area contributed by atoms with E-state index in [0.29, 0.717) is 17.2 Å². The molecule has 0 atom stereocenters. The lowest BCUT2D eigenvalue weighted by molar-refractivity contribution is 0.0834. The Hall–Kier alpha value is -2.50. The van der Waals surface area contributed by atoms with E-state index in [1.165, 1.54) is 4.40 Å². The molecule has 138 valence electrons. The smallest absolute Gasteiger partial charge is 0.258 e. The number of hydrogen-bond donors (Lipinski definition) is 0. The third-order valence-corrected chi connectivity index (χ3v) is 5.30. The molecule has 1 aromatic carbocycles. The first-order valence-electron chi connectivity index (χ1n) is 9.09. The van der Waals surface area contributed by atoms with Gasteiger partial charge >= 0.3 is 0 Å². The van der Waals surface area contributed by atoms with Gasteiger partial charge in [0.15, 0.2) is 5.78 Å². The lowest BCUT2D eigenvalue weighted by atomic mass is 9.89. The minimum atomic E-state index is -0.133. The number of nitrogens with zero attached hydrogens (tertiary/aromatic N) is 3. The summed E-state index contributed by atoms with van der Waals surface area (Å²) in [4.78, 5) is 31.7. The molecule has 0 N–H and O–H groups in total. The van der Waals surface area contributed by atoms with Crippen molar-refractivity contribution in [2.45, 2.75) is 19.4 Å². The standard InChI is InChI=1S/C21H20ClN3O2/c22-17-6-7-19-23-18(12-20(26)25(19)13-17)14-24-10-8-16(9-11-24)21(27)15-4-2-1-3-5-15/h1-7,12-13,16H,8-11,14H2. The van der Waals surface area contributed by atoms with E-state index in [-0.39, 0.29) is 17.3 Å². The van der Waals surface area contributed by atoms with Gasteiger partial charge in [0.1, 0.15) is 5.65 Å². The minimum absolute atomic E-state index is 0.0704. The van der Waals surface area contributed by atoms with E-state index in [0.717, 1.165) is 37.2 Å². The third-order valence-electron chi connectivity index (χ3n) is 5.08. The fourth-order valence-corrected chi connectivity index (χ4v) is 3.79. The third kappa shape index (κ3) is 3.94. The molecule has 1 saturated heterocycles. The summed E-state index contributed by atoms with van der Waals surface area (Å²) in [7, 11) is 0. The number of carbonyl (C=O) groups excluding carboxylic acids is 1. The molecule has 0 unspecified atom stereocenters. The van der Waals surface area contributed by atoms with Crippen LogP contribution in [0.5, 0.6) is 0 Å². The number of halogens is 1. The molecule has 4 rings (SSSR count). The number of piperidine rings is 1. The zero-order valence-corrected chi connectivity index (χ0v) is 15.6. The molecule has 3 aromatic rings. The van der Waals surface area contributed by atoms with E-state index in [9.17, 15) is 9.59 Å². The van der Waals surface area contributed by atoms with Crippen molar-refractivity contribution in [3.8, 4) is 0 Å². The van der Waals surface area contributed by atoms with Crippen LogP contribution in [0.4, 0.5) is 0 Å². The fraction of sp³-hybridized carbons (Fsp3) is 0.286. The van der Waals surface area contributed by atoms with Gasteiger partial charge in [-0.3, -0.25) is 18.9 Å². The first-order valence-corrected chi connectivity index (χ1v) is 9.47. The maximum Gasteiger partial charge on any atom is 0.258 e. The van der Waals surface area contributed by atoms with E-state index >= 15 is 0 Å². The number of ketones is 1. The molecule has 0 saturated carbocycles. The highest BCUT2D eigenvalue weighted by atomic mass is 35.5. The van der Waals surface area contributed by atoms with Crippen LogP contribution >= 0.6 is 11.6 Å². The second kappa shape index (κ2) is 7.62. The Morgan fingerprint density at radius 1 is 1.11 bits per heavy atom. The number of Topliss-reactive ketones (excluding diaryl/α,β-unsaturated/α-hetero) is 1. The lowest BCUT2D eigenvalue weighted by Gasteiger charge is -2.31. The zero-order valence-electron chi connectivity index (χ0n) is 14.8. The van der Waals surface area contributed by atoms with Crippen LogP contribution < -0.4 is 5.56 Å². The SMILES string of the molecule is O=C(c1ccccc1)C1CCN(Cc2cc(=O)n3cc(Cl)ccc3n2)CC1. The highest BCUT2D eigenvalue weighted by Gasteiger charge is 2.26. The summed E-state index contributed by atoms with van der Waals surface area (Å²) in [5.74, 6) is 0.301. The predicted octanol–water partition coefficient (Wildman–Crippen LogP) is 3.44. The summed E-state index contributed by atoms with van der Waals surface area (Å²) >= 11 is 5.95. The maximum absolute atomic E-state index is 12.6. The molecule has 1 aliphatic rings. The van der Waals surface area contributed by atoms with Crippen LogP contribution in [0, 0.1) is 5.92 Å². The molecule has 3 heterocycles. The summed E-state index contributed by atoms with van der Waals surface area (Å²) in [6, 6.07) is 14.5. The number of hydrogen-bond acceptors (Lipinski definition) is 4. The Morgan fingerprint density at radius 2 is 1.85 bits per heavy atom. The van der Waals surface area contributed by atoms with E-state index in [1.807, 2.05) is 30.3 Å². The topological polar surface area (TPSA) is 54.7 Å². The largest absolute Gasteiger partial charge is 0.297 e. The molecule has 0 aliphatic carbocycles. The first-order chi connectivity index (χ1) is 13.1. The highest BCUT2D eigenvalue weighted by Crippen LogP contribution is 2.22. The van der Waals surface area contributed by atoms with Crippen LogP contribution in [0.3, 0.4) is 0 Å². The lowest BCUT2D eigenvalue weighted by Crippen LogP contribution is -2.36. The number of aromatic nitrogens is 2. The number of fused-ring (bicyclic) bond motifs is 1. The molecule has 0 bridgehead atoms. The molecule has 6 heteroatoms. The van der Waals surface area contributed by atoms with Crippen LogP contribution in [0.1, 0.15) is 28.9 Å². The number of carbonyl (C=O) groups is 1. The van der Waals surface area contributed by atoms with E-state index < -0.39 is 0 Å². The van der Waals surface area contributed by atoms with Gasteiger partial charge in [-0.1, -0.05) is 41.9 Å². The zero-order chi connectivity index (χ0) is 18.8. The summed E-state index contributed by atoms with van der Waals surface area (Å²) in [5, 5.41) is 0.504. The van der Waals surface area contributed by atoms with Gasteiger partial charge in [-0.05, 0) is 38.1 Å². The van der Waals surface area contributed by atoms with Gasteiger partial charge in [0.2, 0.25) is 0 Å². The van der Waals surface area contributed by atoms with Gasteiger partial charge in [0, 0.05) is 30.3 Å². The number of rotatable bonds is 4. The van der Waals surface area contributed by atoms with E-state index in [1.54, 1.807) is 24.4 Å². The van der Waals surface area contributed by atoms with Crippen LogP contribution in [-0.4, -0.2) is 33.2 Å². The molecule has 1 aliphatic heterocycles. The van der Waals surface area contributed by atoms with Crippen molar-refractivity contribution < 1.29 is 4.79 Å². The van der Waals surface area contributed by atoms with Crippen LogP contribution in [0.15, 0.2) is 59.5 Å². The van der Waals surface area contributed by atoms with E-state index in [2.05, 4.69) is 9.88 Å². The average Bonchev–Trinajstić information content (AvgIpc) is 2.69. The Labute approximate surface area is 162 Å². The van der Waals surface area contributed by atoms with Crippen LogP contribution in [-0.2, 0) is 6.54 Å². The number of pyridine rings is 1. The second-order valence-corrected chi connectivity index (χ2v) is 7.38. The molecule has 5 nitrogen and oxygen atoms in total. The Kier molecular flexibility index (Phi) is 5.05. The van der Waals surface area contributed by atoms with Crippen molar-refractivity contribution in [1.82, 2.24) is 14.3 Å². The maximum atomic E-state index is 12.6. The van der Waals surface area contributed by atoms with Crippen molar-refractivity contribution in [3.05, 3.63) is 81.4 Å². The van der Waals surface area contributed by atoms with Crippen LogP contribution in [0.25, 0.3) is 5.65 Å². The first kappa shape index (κ1) is 17.9. The molecule has 2 aromatic heterocycles. The average molecular weight is 382 g/mol. The second-order valence-electron chi connectivity index (χ2n) is 6.94. The summed E-state index contributed by atoms with van der Waals surface area (Å²) < 4.78 is 1.45. The van der Waals surface area contributed by atoms with Crippen molar-refractivity contribution in [2.75, 3.05) is 13.1 Å². The Bertz CT molecular complexity index is 1020. The molecule has 0 radical (unpaired) electrons. The normalized spacial score (nSPS) is 15.9. The summed E-state index contributed by atoms with van der Waals surface area (Å²) in [6.07, 6.45) is 3.24. The van der Waals surface area contributed by atoms with Gasteiger partial charge in [-0.25, -0.2) is 4.98 Å². The Morgan fingerprint density at radius 3 is 2.59 bits per heavy atom.